The third kappa shape index (κ3) is 1.48. The van der Waals surface area contributed by atoms with Crippen molar-refractivity contribution in [2.24, 2.45) is 5.10 Å². The zero-order valence-electron chi connectivity index (χ0n) is 7.39. The van der Waals surface area contributed by atoms with E-state index in [4.69, 9.17) is 0 Å². The predicted molar refractivity (Wildman–Crippen MR) is 38.8 cm³/mol. The molecule has 1 heterocycles. The summed E-state index contributed by atoms with van der Waals surface area (Å²) in [5.41, 5.74) is 0. The molecule has 1 atom stereocenters. The Balaban J connectivity index is 2.93. The van der Waals surface area contributed by atoms with E-state index in [-0.39, 0.29) is 0 Å². The zero-order valence-corrected chi connectivity index (χ0v) is 7.39. The lowest BCUT2D eigenvalue weighted by molar-refractivity contribution is -0.311. The van der Waals surface area contributed by atoms with E-state index in [1.807, 2.05) is 0 Å². The van der Waals surface area contributed by atoms with Crippen LogP contribution in [0.15, 0.2) is 5.10 Å². The zero-order chi connectivity index (χ0) is 11.1. The second kappa shape index (κ2) is 2.96. The van der Waals surface area contributed by atoms with Gasteiger partial charge in [0.25, 0.3) is 0 Å². The van der Waals surface area contributed by atoms with E-state index >= 15 is 0 Å². The van der Waals surface area contributed by atoms with Gasteiger partial charge in [0, 0.05) is 14.1 Å². The van der Waals surface area contributed by atoms with Crippen molar-refractivity contribution in [3.63, 3.8) is 0 Å². The van der Waals surface area contributed by atoms with Crippen LogP contribution in [0.25, 0.3) is 0 Å². The minimum atomic E-state index is -5.58. The SMILES string of the molecule is CN1C=NN(C)C1C(F)(F)C(F)(F)F. The Bertz CT molecular complexity index is 236. The molecule has 1 aliphatic rings. The third-order valence-electron chi connectivity index (χ3n) is 1.86. The van der Waals surface area contributed by atoms with Crippen molar-refractivity contribution in [1.29, 1.82) is 0 Å². The lowest BCUT2D eigenvalue weighted by Crippen LogP contribution is -2.57. The van der Waals surface area contributed by atoms with Gasteiger partial charge < -0.3 is 4.90 Å². The van der Waals surface area contributed by atoms with Crippen molar-refractivity contribution in [1.82, 2.24) is 9.91 Å². The Morgan fingerprint density at radius 2 is 1.64 bits per heavy atom. The lowest BCUT2D eigenvalue weighted by Gasteiger charge is -2.33. The molecule has 0 aromatic rings. The van der Waals surface area contributed by atoms with E-state index in [2.05, 4.69) is 5.10 Å². The monoisotopic (exact) mass is 217 g/mol. The van der Waals surface area contributed by atoms with Crippen LogP contribution in [-0.2, 0) is 0 Å². The third-order valence-corrected chi connectivity index (χ3v) is 1.86. The summed E-state index contributed by atoms with van der Waals surface area (Å²) in [6, 6.07) is 0. The summed E-state index contributed by atoms with van der Waals surface area (Å²) in [7, 11) is 2.17. The molecule has 0 aromatic carbocycles. The van der Waals surface area contributed by atoms with E-state index in [1.54, 1.807) is 0 Å². The molecule has 0 aliphatic carbocycles. The van der Waals surface area contributed by atoms with Crippen LogP contribution in [0.3, 0.4) is 0 Å². The molecular formula is C6H8F5N3. The molecule has 0 aromatic heterocycles. The number of hydrogen-bond acceptors (Lipinski definition) is 3. The van der Waals surface area contributed by atoms with E-state index in [1.165, 1.54) is 0 Å². The fraction of sp³-hybridized carbons (Fsp3) is 0.833. The molecular weight excluding hydrogens is 209 g/mol. The molecule has 1 aliphatic heterocycles. The summed E-state index contributed by atoms with van der Waals surface area (Å²) in [4.78, 5) is 0.716. The Labute approximate surface area is 76.8 Å². The summed E-state index contributed by atoms with van der Waals surface area (Å²) in [5.74, 6) is -4.81. The maximum Gasteiger partial charge on any atom is 0.457 e. The normalized spacial score (nSPS) is 23.5. The van der Waals surface area contributed by atoms with Gasteiger partial charge in [-0.15, -0.1) is 0 Å². The first-order chi connectivity index (χ1) is 6.18. The first-order valence-electron chi connectivity index (χ1n) is 3.61. The van der Waals surface area contributed by atoms with Crippen molar-refractivity contribution in [2.45, 2.75) is 18.3 Å². The van der Waals surface area contributed by atoms with Crippen LogP contribution < -0.4 is 0 Å². The van der Waals surface area contributed by atoms with Crippen molar-refractivity contribution in [3.8, 4) is 0 Å². The average Bonchev–Trinajstić information content (AvgIpc) is 2.28. The van der Waals surface area contributed by atoms with Crippen LogP contribution in [-0.4, -0.2) is 48.6 Å². The van der Waals surface area contributed by atoms with Crippen molar-refractivity contribution in [3.05, 3.63) is 0 Å². The maximum atomic E-state index is 12.8. The molecule has 82 valence electrons. The molecule has 3 nitrogen and oxygen atoms in total. The van der Waals surface area contributed by atoms with E-state index in [9.17, 15) is 22.0 Å². The minimum Gasteiger partial charge on any atom is -0.337 e. The first-order valence-corrected chi connectivity index (χ1v) is 3.61. The fourth-order valence-electron chi connectivity index (χ4n) is 1.19. The molecule has 1 rings (SSSR count). The molecule has 0 amide bonds. The van der Waals surface area contributed by atoms with Crippen LogP contribution >= 0.6 is 0 Å². The molecule has 1 unspecified atom stereocenters. The van der Waals surface area contributed by atoms with Crippen molar-refractivity contribution < 1.29 is 22.0 Å². The van der Waals surface area contributed by atoms with Crippen LogP contribution in [0.2, 0.25) is 0 Å². The largest absolute Gasteiger partial charge is 0.457 e. The average molecular weight is 217 g/mol. The highest BCUT2D eigenvalue weighted by atomic mass is 19.4. The second-order valence-electron chi connectivity index (χ2n) is 2.96. The van der Waals surface area contributed by atoms with Crippen LogP contribution in [0.5, 0.6) is 0 Å². The summed E-state index contributed by atoms with van der Waals surface area (Å²) in [5, 5.41) is 3.91. The summed E-state index contributed by atoms with van der Waals surface area (Å²) >= 11 is 0. The number of hydrogen-bond donors (Lipinski definition) is 0. The topological polar surface area (TPSA) is 18.8 Å². The van der Waals surface area contributed by atoms with E-state index in [0.717, 1.165) is 20.4 Å². The summed E-state index contributed by atoms with van der Waals surface area (Å²) in [6.07, 6.45) is -6.76. The highest BCUT2D eigenvalue weighted by molar-refractivity contribution is 5.56. The van der Waals surface area contributed by atoms with Gasteiger partial charge >= 0.3 is 12.1 Å². The highest BCUT2D eigenvalue weighted by Crippen LogP contribution is 2.41. The molecule has 0 fully saturated rings. The number of halogens is 5. The predicted octanol–water partition coefficient (Wildman–Crippen LogP) is 1.33. The number of rotatable bonds is 1. The lowest BCUT2D eigenvalue weighted by atomic mass is 10.2. The van der Waals surface area contributed by atoms with Crippen molar-refractivity contribution >= 4 is 6.34 Å². The Morgan fingerprint density at radius 1 is 1.14 bits per heavy atom. The highest BCUT2D eigenvalue weighted by Gasteiger charge is 2.65. The summed E-state index contributed by atoms with van der Waals surface area (Å²) < 4.78 is 61.6. The molecule has 0 saturated heterocycles. The second-order valence-corrected chi connectivity index (χ2v) is 2.96. The smallest absolute Gasteiger partial charge is 0.337 e. The Hall–Kier alpha value is -1.08. The van der Waals surface area contributed by atoms with E-state index in [0.29, 0.717) is 9.91 Å². The number of nitrogens with zero attached hydrogens (tertiary/aromatic N) is 3. The maximum absolute atomic E-state index is 12.8. The van der Waals surface area contributed by atoms with Crippen LogP contribution in [0.1, 0.15) is 0 Å². The fourth-order valence-corrected chi connectivity index (χ4v) is 1.19. The molecule has 0 bridgehead atoms. The van der Waals surface area contributed by atoms with Gasteiger partial charge in [-0.2, -0.15) is 27.1 Å². The van der Waals surface area contributed by atoms with Gasteiger partial charge in [-0.1, -0.05) is 0 Å². The van der Waals surface area contributed by atoms with Gasteiger partial charge in [-0.25, -0.2) is 0 Å². The Kier molecular flexibility index (Phi) is 2.32. The molecule has 0 spiro atoms. The van der Waals surface area contributed by atoms with Gasteiger partial charge in [0.05, 0.1) is 0 Å². The number of hydrazone groups is 1. The van der Waals surface area contributed by atoms with E-state index < -0.39 is 18.3 Å². The van der Waals surface area contributed by atoms with Gasteiger partial charge in [0.1, 0.15) is 6.34 Å². The van der Waals surface area contributed by atoms with Gasteiger partial charge in [0.15, 0.2) is 6.17 Å². The van der Waals surface area contributed by atoms with Gasteiger partial charge in [0.2, 0.25) is 0 Å². The Morgan fingerprint density at radius 3 is 1.93 bits per heavy atom. The van der Waals surface area contributed by atoms with Crippen molar-refractivity contribution in [2.75, 3.05) is 14.1 Å². The molecule has 0 saturated carbocycles. The minimum absolute atomic E-state index is 0.577. The first kappa shape index (κ1) is 11.0. The van der Waals surface area contributed by atoms with Gasteiger partial charge in [-0.05, 0) is 0 Å². The molecule has 0 radical (unpaired) electrons. The number of alkyl halides is 5. The van der Waals surface area contributed by atoms with Crippen LogP contribution in [0, 0.1) is 0 Å². The molecule has 0 N–H and O–H groups in total. The quantitative estimate of drug-likeness (QED) is 0.617. The molecule has 14 heavy (non-hydrogen) atoms. The standard InChI is InChI=1S/C6H8F5N3/c1-13-3-12-14(2)4(13)5(7,8)6(9,10)11/h3-4H,1-2H3. The molecule has 8 heteroatoms. The van der Waals surface area contributed by atoms with Gasteiger partial charge in [-0.3, -0.25) is 5.01 Å². The summed E-state index contributed by atoms with van der Waals surface area (Å²) in [6.45, 7) is 0. The van der Waals surface area contributed by atoms with Crippen LogP contribution in [0.4, 0.5) is 22.0 Å².